The minimum absolute atomic E-state index is 0.0182. The standard InChI is InChI=1S/C28H57NO2.C8H18/c1-5-8-11-12-13-14-15-18-22-27(4)28(30)31-26-21-17-16-20-25-29(23-10-7-3)24-19-9-6-2;1-3-5-7-8-6-4-2/h27H,5-26H2,1-4H3;3-8H2,1-2H3. The summed E-state index contributed by atoms with van der Waals surface area (Å²) in [5, 5.41) is 0. The van der Waals surface area contributed by atoms with E-state index in [1.807, 2.05) is 6.92 Å². The highest BCUT2D eigenvalue weighted by Crippen LogP contribution is 2.15. The molecular weight excluding hydrogens is 478 g/mol. The molecule has 0 spiro atoms. The van der Waals surface area contributed by atoms with Crippen LogP contribution in [0.15, 0.2) is 0 Å². The van der Waals surface area contributed by atoms with Crippen molar-refractivity contribution in [1.82, 2.24) is 4.90 Å². The fraction of sp³-hybridized carbons (Fsp3) is 0.972. The lowest BCUT2D eigenvalue weighted by atomic mass is 10.0. The molecule has 1 unspecified atom stereocenters. The third-order valence-corrected chi connectivity index (χ3v) is 7.87. The van der Waals surface area contributed by atoms with Crippen molar-refractivity contribution in [3.8, 4) is 0 Å². The molecule has 3 nitrogen and oxygen atoms in total. The van der Waals surface area contributed by atoms with Crippen molar-refractivity contribution in [3.05, 3.63) is 0 Å². The number of rotatable bonds is 29. The Morgan fingerprint density at radius 1 is 0.487 bits per heavy atom. The Balaban J connectivity index is 0. The van der Waals surface area contributed by atoms with Gasteiger partial charge in [-0.15, -0.1) is 0 Å². The third-order valence-electron chi connectivity index (χ3n) is 7.87. The molecule has 0 amide bonds. The summed E-state index contributed by atoms with van der Waals surface area (Å²) in [7, 11) is 0. The molecular formula is C36H75NO2. The van der Waals surface area contributed by atoms with Crippen LogP contribution in [0, 0.1) is 5.92 Å². The van der Waals surface area contributed by atoms with Gasteiger partial charge in [0.1, 0.15) is 0 Å². The second-order valence-electron chi connectivity index (χ2n) is 12.1. The molecule has 0 aromatic carbocycles. The van der Waals surface area contributed by atoms with Gasteiger partial charge in [0.05, 0.1) is 12.5 Å². The average Bonchev–Trinajstić information content (AvgIpc) is 2.94. The Hall–Kier alpha value is -0.570. The highest BCUT2D eigenvalue weighted by Gasteiger charge is 2.13. The van der Waals surface area contributed by atoms with Gasteiger partial charge in [0.2, 0.25) is 0 Å². The lowest BCUT2D eigenvalue weighted by molar-refractivity contribution is -0.148. The SMILES string of the molecule is CCCCCCCC.CCCCCCCCCCC(C)C(=O)OCCCCCCN(CCCC)CCCCC. The number of hydrogen-bond acceptors (Lipinski definition) is 3. The van der Waals surface area contributed by atoms with Crippen molar-refractivity contribution in [1.29, 1.82) is 0 Å². The van der Waals surface area contributed by atoms with Crippen LogP contribution in [-0.4, -0.2) is 37.1 Å². The highest BCUT2D eigenvalue weighted by atomic mass is 16.5. The summed E-state index contributed by atoms with van der Waals surface area (Å²) in [6.07, 6.45) is 31.3. The van der Waals surface area contributed by atoms with Crippen molar-refractivity contribution in [3.63, 3.8) is 0 Å². The van der Waals surface area contributed by atoms with E-state index in [0.29, 0.717) is 6.61 Å². The minimum atomic E-state index is 0.0182. The molecule has 0 bridgehead atoms. The Bertz CT molecular complexity index is 447. The molecule has 0 heterocycles. The summed E-state index contributed by atoms with van der Waals surface area (Å²) in [5.41, 5.74) is 0. The smallest absolute Gasteiger partial charge is 0.308 e. The normalized spacial score (nSPS) is 11.9. The van der Waals surface area contributed by atoms with E-state index in [1.54, 1.807) is 0 Å². The molecule has 1 atom stereocenters. The van der Waals surface area contributed by atoms with Crippen LogP contribution in [0.1, 0.15) is 196 Å². The zero-order valence-corrected chi connectivity index (χ0v) is 28.1. The second kappa shape index (κ2) is 35.5. The molecule has 3 heteroatoms. The zero-order chi connectivity index (χ0) is 29.2. The van der Waals surface area contributed by atoms with Gasteiger partial charge in [0.25, 0.3) is 0 Å². The summed E-state index contributed by atoms with van der Waals surface area (Å²) in [4.78, 5) is 14.8. The van der Waals surface area contributed by atoms with Gasteiger partial charge in [-0.2, -0.15) is 0 Å². The fourth-order valence-corrected chi connectivity index (χ4v) is 4.96. The van der Waals surface area contributed by atoms with Gasteiger partial charge in [0.15, 0.2) is 0 Å². The van der Waals surface area contributed by atoms with E-state index in [-0.39, 0.29) is 11.9 Å². The summed E-state index contributed by atoms with van der Waals surface area (Å²) in [6.45, 7) is 17.7. The molecule has 0 aromatic rings. The Morgan fingerprint density at radius 3 is 1.36 bits per heavy atom. The van der Waals surface area contributed by atoms with E-state index in [0.717, 1.165) is 19.3 Å². The maximum absolute atomic E-state index is 12.2. The first kappa shape index (κ1) is 40.6. The Labute approximate surface area is 248 Å². The molecule has 0 aliphatic heterocycles. The topological polar surface area (TPSA) is 29.5 Å². The third kappa shape index (κ3) is 33.5. The Kier molecular flexibility index (Phi) is 36.9. The summed E-state index contributed by atoms with van der Waals surface area (Å²) in [5.74, 6) is 0.0833. The van der Waals surface area contributed by atoms with Crippen LogP contribution in [0.3, 0.4) is 0 Å². The molecule has 0 aromatic heterocycles. The molecule has 0 aliphatic rings. The van der Waals surface area contributed by atoms with Gasteiger partial charge >= 0.3 is 5.97 Å². The van der Waals surface area contributed by atoms with Crippen molar-refractivity contribution in [2.75, 3.05) is 26.2 Å². The van der Waals surface area contributed by atoms with Crippen molar-refractivity contribution in [2.45, 2.75) is 196 Å². The van der Waals surface area contributed by atoms with Gasteiger partial charge in [-0.3, -0.25) is 4.79 Å². The van der Waals surface area contributed by atoms with Crippen molar-refractivity contribution >= 4 is 5.97 Å². The number of carbonyl (C=O) groups is 1. The predicted molar refractivity (Wildman–Crippen MR) is 176 cm³/mol. The van der Waals surface area contributed by atoms with E-state index in [9.17, 15) is 4.79 Å². The Morgan fingerprint density at radius 2 is 0.846 bits per heavy atom. The second-order valence-corrected chi connectivity index (χ2v) is 12.1. The van der Waals surface area contributed by atoms with E-state index in [1.165, 1.54) is 154 Å². The van der Waals surface area contributed by atoms with Crippen molar-refractivity contribution < 1.29 is 9.53 Å². The summed E-state index contributed by atoms with van der Waals surface area (Å²) >= 11 is 0. The summed E-state index contributed by atoms with van der Waals surface area (Å²) < 4.78 is 5.52. The monoisotopic (exact) mass is 554 g/mol. The van der Waals surface area contributed by atoms with E-state index in [4.69, 9.17) is 4.74 Å². The van der Waals surface area contributed by atoms with Crippen LogP contribution < -0.4 is 0 Å². The molecule has 0 fully saturated rings. The van der Waals surface area contributed by atoms with Gasteiger partial charge in [-0.1, -0.05) is 164 Å². The molecule has 0 saturated carbocycles. The number of nitrogens with zero attached hydrogens (tertiary/aromatic N) is 1. The molecule has 0 rings (SSSR count). The first-order chi connectivity index (χ1) is 19.1. The first-order valence-electron chi connectivity index (χ1n) is 18.0. The molecule has 39 heavy (non-hydrogen) atoms. The van der Waals surface area contributed by atoms with Gasteiger partial charge in [-0.05, 0) is 51.7 Å². The van der Waals surface area contributed by atoms with Crippen LogP contribution in [0.5, 0.6) is 0 Å². The molecule has 0 saturated heterocycles. The van der Waals surface area contributed by atoms with Crippen LogP contribution in [0.25, 0.3) is 0 Å². The van der Waals surface area contributed by atoms with Gasteiger partial charge < -0.3 is 9.64 Å². The van der Waals surface area contributed by atoms with Crippen LogP contribution in [0.4, 0.5) is 0 Å². The minimum Gasteiger partial charge on any atom is -0.465 e. The predicted octanol–water partition coefficient (Wildman–Crippen LogP) is 11.9. The van der Waals surface area contributed by atoms with Gasteiger partial charge in [-0.25, -0.2) is 0 Å². The van der Waals surface area contributed by atoms with E-state index >= 15 is 0 Å². The average molecular weight is 554 g/mol. The fourth-order valence-electron chi connectivity index (χ4n) is 4.96. The van der Waals surface area contributed by atoms with E-state index in [2.05, 4.69) is 39.5 Å². The van der Waals surface area contributed by atoms with Crippen LogP contribution in [0.2, 0.25) is 0 Å². The number of hydrogen-bond donors (Lipinski definition) is 0. The van der Waals surface area contributed by atoms with Crippen LogP contribution >= 0.6 is 0 Å². The summed E-state index contributed by atoms with van der Waals surface area (Å²) in [6, 6.07) is 0. The van der Waals surface area contributed by atoms with Crippen molar-refractivity contribution in [2.24, 2.45) is 5.92 Å². The molecule has 236 valence electrons. The molecule has 0 radical (unpaired) electrons. The maximum atomic E-state index is 12.2. The van der Waals surface area contributed by atoms with E-state index < -0.39 is 0 Å². The molecule has 0 aliphatic carbocycles. The lowest BCUT2D eigenvalue weighted by Crippen LogP contribution is -2.27. The largest absolute Gasteiger partial charge is 0.465 e. The number of carbonyl (C=O) groups excluding carboxylic acids is 1. The zero-order valence-electron chi connectivity index (χ0n) is 28.1. The highest BCUT2D eigenvalue weighted by molar-refractivity contribution is 5.71. The maximum Gasteiger partial charge on any atom is 0.308 e. The first-order valence-corrected chi connectivity index (χ1v) is 18.0. The lowest BCUT2D eigenvalue weighted by Gasteiger charge is -2.22. The number of esters is 1. The van der Waals surface area contributed by atoms with Gasteiger partial charge in [0, 0.05) is 0 Å². The van der Waals surface area contributed by atoms with Crippen LogP contribution in [-0.2, 0) is 9.53 Å². The quantitative estimate of drug-likeness (QED) is 0.0681. The number of ether oxygens (including phenoxy) is 1. The molecule has 0 N–H and O–H groups in total. The number of unbranched alkanes of at least 4 members (excludes halogenated alkanes) is 18.